The van der Waals surface area contributed by atoms with Crippen molar-refractivity contribution in [3.8, 4) is 0 Å². The summed E-state index contributed by atoms with van der Waals surface area (Å²) in [6.07, 6.45) is 6.02. The fourth-order valence-electron chi connectivity index (χ4n) is 7.68. The normalized spacial score (nSPS) is 33.7. The van der Waals surface area contributed by atoms with E-state index in [2.05, 4.69) is 18.1 Å². The van der Waals surface area contributed by atoms with Gasteiger partial charge in [-0.15, -0.1) is 13.2 Å². The Balaban J connectivity index is 1.72. The molecule has 4 saturated heterocycles. The smallest absolute Gasteiger partial charge is 0.312 e. The molecule has 236 valence electrons. The second-order valence-electron chi connectivity index (χ2n) is 12.7. The van der Waals surface area contributed by atoms with Crippen LogP contribution in [0.2, 0.25) is 0 Å². The van der Waals surface area contributed by atoms with Crippen LogP contribution in [-0.2, 0) is 28.6 Å². The molecule has 0 radical (unpaired) electrons. The third-order valence-corrected chi connectivity index (χ3v) is 10.3. The molecule has 10 nitrogen and oxygen atoms in total. The van der Waals surface area contributed by atoms with Crippen molar-refractivity contribution in [2.45, 2.75) is 76.7 Å². The first-order chi connectivity index (χ1) is 20.1. The molecule has 0 saturated carbocycles. The number of nitrogens with zero attached hydrogens (tertiary/aromatic N) is 3. The Morgan fingerprint density at radius 2 is 1.98 bits per heavy atom. The number of allylic oxidation sites excluding steroid dienone is 1. The highest BCUT2D eigenvalue weighted by molar-refractivity contribution is 5.98. The Morgan fingerprint density at radius 3 is 2.60 bits per heavy atom. The number of carbonyl (C=O) groups is 3. The van der Waals surface area contributed by atoms with E-state index < -0.39 is 41.1 Å². The summed E-state index contributed by atoms with van der Waals surface area (Å²) in [5, 5.41) is 10.6. The number of aliphatic hydroxyl groups is 1. The van der Waals surface area contributed by atoms with Crippen molar-refractivity contribution in [2.75, 3.05) is 59.2 Å². The maximum absolute atomic E-state index is 14.7. The summed E-state index contributed by atoms with van der Waals surface area (Å²) >= 11 is 0. The predicted molar refractivity (Wildman–Crippen MR) is 158 cm³/mol. The van der Waals surface area contributed by atoms with Crippen LogP contribution in [0.15, 0.2) is 25.3 Å². The maximum atomic E-state index is 14.7. The number of esters is 1. The van der Waals surface area contributed by atoms with Crippen LogP contribution in [0.1, 0.15) is 53.4 Å². The van der Waals surface area contributed by atoms with Gasteiger partial charge in [0.15, 0.2) is 0 Å². The maximum Gasteiger partial charge on any atom is 0.312 e. The molecule has 2 amide bonds. The molecule has 3 unspecified atom stereocenters. The van der Waals surface area contributed by atoms with E-state index in [-0.39, 0.29) is 36.9 Å². The Bertz CT molecular complexity index is 1020. The van der Waals surface area contributed by atoms with E-state index in [0.29, 0.717) is 52.1 Å². The van der Waals surface area contributed by atoms with E-state index >= 15 is 0 Å². The molecule has 10 heteroatoms. The second kappa shape index (κ2) is 13.6. The van der Waals surface area contributed by atoms with Gasteiger partial charge >= 0.3 is 5.97 Å². The number of hydrogen-bond donors (Lipinski definition) is 1. The lowest BCUT2D eigenvalue weighted by Gasteiger charge is -2.41. The van der Waals surface area contributed by atoms with E-state index in [4.69, 9.17) is 14.2 Å². The number of amides is 2. The van der Waals surface area contributed by atoms with E-state index in [1.807, 2.05) is 27.7 Å². The summed E-state index contributed by atoms with van der Waals surface area (Å²) in [5.41, 5.74) is -2.13. The summed E-state index contributed by atoms with van der Waals surface area (Å²) < 4.78 is 18.0. The summed E-state index contributed by atoms with van der Waals surface area (Å²) in [7, 11) is 0. The van der Waals surface area contributed by atoms with Crippen molar-refractivity contribution in [1.29, 1.82) is 0 Å². The standard InChI is InChI=1S/C32H51N3O7/c1-7-10-11-17-41-30(39)26-25-28(37)35(24(21-36)22(4)9-3)27(32(25)20-23(5)31(26,6)42-32)29(38)34(12-8-2)14-13-33-15-18-40-19-16-33/h7-8,22-27,36H,1-2,9-21H2,3-6H3/t22-,23?,24-,25-,26-,27?,31+,32?/m0/s1. The number of likely N-dealkylation sites (tertiary alicyclic amines) is 1. The van der Waals surface area contributed by atoms with E-state index in [9.17, 15) is 19.5 Å². The molecule has 4 aliphatic heterocycles. The number of ether oxygens (including phenoxy) is 3. The summed E-state index contributed by atoms with van der Waals surface area (Å²) in [6, 6.07) is -1.55. The molecule has 0 aromatic carbocycles. The van der Waals surface area contributed by atoms with Gasteiger partial charge in [0.05, 0.1) is 44.0 Å². The van der Waals surface area contributed by atoms with Gasteiger partial charge in [-0.3, -0.25) is 19.3 Å². The van der Waals surface area contributed by atoms with Crippen LogP contribution in [0.3, 0.4) is 0 Å². The molecule has 1 N–H and O–H groups in total. The number of unbranched alkanes of at least 4 members (excludes halogenated alkanes) is 1. The third-order valence-electron chi connectivity index (χ3n) is 10.3. The van der Waals surface area contributed by atoms with Gasteiger partial charge in [-0.2, -0.15) is 0 Å². The number of aliphatic hydroxyl groups excluding tert-OH is 1. The minimum Gasteiger partial charge on any atom is -0.465 e. The van der Waals surface area contributed by atoms with Crippen molar-refractivity contribution < 1.29 is 33.7 Å². The van der Waals surface area contributed by atoms with E-state index in [1.165, 1.54) is 0 Å². The van der Waals surface area contributed by atoms with Gasteiger partial charge in [-0.25, -0.2) is 0 Å². The lowest BCUT2D eigenvalue weighted by Crippen LogP contribution is -2.60. The molecule has 0 aliphatic carbocycles. The lowest BCUT2D eigenvalue weighted by atomic mass is 9.62. The van der Waals surface area contributed by atoms with Gasteiger partial charge in [-0.1, -0.05) is 39.3 Å². The Kier molecular flexibility index (Phi) is 10.5. The Labute approximate surface area is 251 Å². The number of fused-ring (bicyclic) bond motifs is 1. The van der Waals surface area contributed by atoms with Gasteiger partial charge in [0.2, 0.25) is 11.8 Å². The topological polar surface area (TPSA) is 109 Å². The fraction of sp³-hybridized carbons (Fsp3) is 0.781. The van der Waals surface area contributed by atoms with Crippen LogP contribution in [-0.4, -0.2) is 120 Å². The predicted octanol–water partition coefficient (Wildman–Crippen LogP) is 2.26. The number of carbonyl (C=O) groups excluding carboxylic acids is 3. The zero-order chi connectivity index (χ0) is 30.7. The molecule has 8 atom stereocenters. The van der Waals surface area contributed by atoms with Crippen molar-refractivity contribution in [3.05, 3.63) is 25.3 Å². The van der Waals surface area contributed by atoms with Gasteiger partial charge in [0.1, 0.15) is 17.6 Å². The molecule has 2 bridgehead atoms. The summed E-state index contributed by atoms with van der Waals surface area (Å²) in [4.78, 5) is 48.5. The quantitative estimate of drug-likeness (QED) is 0.176. The largest absolute Gasteiger partial charge is 0.465 e. The van der Waals surface area contributed by atoms with Crippen molar-refractivity contribution in [3.63, 3.8) is 0 Å². The molecule has 0 aromatic heterocycles. The van der Waals surface area contributed by atoms with Crippen molar-refractivity contribution >= 4 is 17.8 Å². The van der Waals surface area contributed by atoms with Crippen LogP contribution >= 0.6 is 0 Å². The average molecular weight is 590 g/mol. The highest BCUT2D eigenvalue weighted by atomic mass is 16.6. The molecule has 4 aliphatic rings. The average Bonchev–Trinajstić information content (AvgIpc) is 3.50. The van der Waals surface area contributed by atoms with Gasteiger partial charge in [0.25, 0.3) is 0 Å². The first-order valence-corrected chi connectivity index (χ1v) is 15.7. The molecule has 42 heavy (non-hydrogen) atoms. The summed E-state index contributed by atoms with van der Waals surface area (Å²) in [6.45, 7) is 19.8. The molecule has 0 aromatic rings. The highest BCUT2D eigenvalue weighted by Gasteiger charge is 2.80. The van der Waals surface area contributed by atoms with Gasteiger partial charge in [-0.05, 0) is 38.0 Å². The zero-order valence-corrected chi connectivity index (χ0v) is 26.0. The Hall–Kier alpha value is -2.27. The monoisotopic (exact) mass is 589 g/mol. The molecule has 4 fully saturated rings. The molecule has 1 spiro atoms. The SMILES string of the molecule is C=CCCCOC(=O)[C@@H]1[C@H]2C(=O)N([C@@H](CO)[C@@H](C)CC)C(C(=O)N(CC=C)CCN3CCOCC3)C23CC(C)[C@@]1(C)O3. The van der Waals surface area contributed by atoms with Crippen LogP contribution in [0, 0.1) is 23.7 Å². The van der Waals surface area contributed by atoms with E-state index in [1.54, 1.807) is 22.0 Å². The van der Waals surface area contributed by atoms with Crippen LogP contribution in [0.4, 0.5) is 0 Å². The lowest BCUT2D eigenvalue weighted by molar-refractivity contribution is -0.164. The number of morpholine rings is 1. The van der Waals surface area contributed by atoms with Gasteiger partial charge < -0.3 is 29.1 Å². The second-order valence-corrected chi connectivity index (χ2v) is 12.7. The minimum absolute atomic E-state index is 0.0693. The van der Waals surface area contributed by atoms with Crippen LogP contribution in [0.25, 0.3) is 0 Å². The molecular weight excluding hydrogens is 538 g/mol. The molecule has 4 rings (SSSR count). The number of rotatable bonds is 15. The van der Waals surface area contributed by atoms with Crippen molar-refractivity contribution in [1.82, 2.24) is 14.7 Å². The first kappa shape index (κ1) is 32.6. The van der Waals surface area contributed by atoms with Crippen molar-refractivity contribution in [2.24, 2.45) is 23.7 Å². The Morgan fingerprint density at radius 1 is 1.26 bits per heavy atom. The highest BCUT2D eigenvalue weighted by Crippen LogP contribution is 2.65. The van der Waals surface area contributed by atoms with Crippen LogP contribution < -0.4 is 0 Å². The molecular formula is C32H51N3O7. The minimum atomic E-state index is -1.19. The van der Waals surface area contributed by atoms with E-state index in [0.717, 1.165) is 19.5 Å². The number of hydrogen-bond acceptors (Lipinski definition) is 8. The van der Waals surface area contributed by atoms with Gasteiger partial charge in [0, 0.05) is 32.7 Å². The molecule has 4 heterocycles. The fourth-order valence-corrected chi connectivity index (χ4v) is 7.68. The first-order valence-electron chi connectivity index (χ1n) is 15.7. The zero-order valence-electron chi connectivity index (χ0n) is 26.0. The summed E-state index contributed by atoms with van der Waals surface area (Å²) in [5.74, 6) is -2.83. The third kappa shape index (κ3) is 5.67. The van der Waals surface area contributed by atoms with Crippen LogP contribution in [0.5, 0.6) is 0 Å².